The molecule has 3 nitrogen and oxygen atoms in total. The molecule has 0 aliphatic rings. The molecule has 1 aromatic carbocycles. The topological polar surface area (TPSA) is 45.0 Å². The summed E-state index contributed by atoms with van der Waals surface area (Å²) in [6.45, 7) is 6.42. The Balaban J connectivity index is 2.51. The minimum Gasteiger partial charge on any atom is -0.479 e. The minimum atomic E-state index is 0.0954. The van der Waals surface area contributed by atoms with E-state index in [9.17, 15) is 0 Å². The van der Waals surface area contributed by atoms with Crippen LogP contribution in [0.25, 0.3) is 0 Å². The number of hydrogen-bond acceptors (Lipinski definition) is 4. The summed E-state index contributed by atoms with van der Waals surface area (Å²) in [6, 6.07) is 9.89. The number of nitrogens with zero attached hydrogens (tertiary/aromatic N) is 1. The average molecular weight is 292 g/mol. The zero-order valence-electron chi connectivity index (χ0n) is 12.6. The van der Waals surface area contributed by atoms with Crippen LogP contribution < -0.4 is 10.1 Å². The molecule has 0 saturated carbocycles. The molecule has 0 spiro atoms. The molecule has 0 atom stereocenters. The molecule has 20 heavy (non-hydrogen) atoms. The molecule has 110 valence electrons. The molecule has 1 N–H and O–H groups in total. The van der Waals surface area contributed by atoms with Crippen molar-refractivity contribution in [3.63, 3.8) is 0 Å². The van der Waals surface area contributed by atoms with Crippen LogP contribution in [0.2, 0.25) is 0 Å². The number of benzene rings is 1. The Morgan fingerprint density at radius 3 is 2.70 bits per heavy atom. The van der Waals surface area contributed by atoms with Gasteiger partial charge in [-0.15, -0.1) is 0 Å². The second-order valence-electron chi connectivity index (χ2n) is 4.79. The molecule has 1 aromatic rings. The summed E-state index contributed by atoms with van der Waals surface area (Å²) >= 11 is 1.94. The van der Waals surface area contributed by atoms with Gasteiger partial charge in [-0.1, -0.05) is 26.0 Å². The number of rotatable bonds is 9. The second-order valence-corrected chi connectivity index (χ2v) is 6.07. The lowest BCUT2D eigenvalue weighted by atomic mass is 10.0. The molecule has 4 heteroatoms. The highest BCUT2D eigenvalue weighted by molar-refractivity contribution is 8.00. The number of nitrogens with one attached hydrogen (secondary N) is 1. The summed E-state index contributed by atoms with van der Waals surface area (Å²) < 4.78 is 5.64. The quantitative estimate of drug-likeness (QED) is 0.755. The van der Waals surface area contributed by atoms with Gasteiger partial charge in [0.25, 0.3) is 0 Å². The molecular formula is C16H24N2OS. The van der Waals surface area contributed by atoms with Crippen molar-refractivity contribution in [1.82, 2.24) is 5.32 Å². The van der Waals surface area contributed by atoms with E-state index in [-0.39, 0.29) is 6.61 Å². The molecule has 0 unspecified atom stereocenters. The zero-order chi connectivity index (χ0) is 14.8. The Morgan fingerprint density at radius 2 is 2.10 bits per heavy atom. The van der Waals surface area contributed by atoms with Crippen molar-refractivity contribution in [2.24, 2.45) is 0 Å². The van der Waals surface area contributed by atoms with E-state index in [0.717, 1.165) is 18.8 Å². The highest BCUT2D eigenvalue weighted by Gasteiger charge is 2.23. The predicted molar refractivity (Wildman–Crippen MR) is 86.1 cm³/mol. The van der Waals surface area contributed by atoms with Crippen LogP contribution in [-0.4, -0.2) is 24.2 Å². The lowest BCUT2D eigenvalue weighted by Gasteiger charge is -2.30. The Morgan fingerprint density at radius 1 is 1.35 bits per heavy atom. The van der Waals surface area contributed by atoms with Crippen molar-refractivity contribution in [2.75, 3.05) is 19.4 Å². The summed E-state index contributed by atoms with van der Waals surface area (Å²) in [4.78, 5) is 0. The molecule has 0 radical (unpaired) electrons. The molecule has 0 amide bonds. The van der Waals surface area contributed by atoms with E-state index in [1.807, 2.05) is 36.0 Å². The molecule has 0 heterocycles. The van der Waals surface area contributed by atoms with Crippen molar-refractivity contribution < 1.29 is 4.74 Å². The molecule has 0 saturated heterocycles. The first kappa shape index (κ1) is 16.9. The fraction of sp³-hybridized carbons (Fsp3) is 0.562. The Hall–Kier alpha value is -1.18. The van der Waals surface area contributed by atoms with Gasteiger partial charge in [0.1, 0.15) is 11.8 Å². The molecule has 1 rings (SSSR count). The van der Waals surface area contributed by atoms with Crippen LogP contribution in [0.15, 0.2) is 24.3 Å². The number of nitriles is 1. The van der Waals surface area contributed by atoms with Crippen LogP contribution in [0.5, 0.6) is 5.75 Å². The summed E-state index contributed by atoms with van der Waals surface area (Å²) in [5.41, 5.74) is 1.18. The third kappa shape index (κ3) is 5.07. The van der Waals surface area contributed by atoms with E-state index in [1.54, 1.807) is 0 Å². The maximum absolute atomic E-state index is 8.52. The summed E-state index contributed by atoms with van der Waals surface area (Å²) in [5, 5.41) is 12.1. The summed E-state index contributed by atoms with van der Waals surface area (Å²) in [5.74, 6) is 0.757. The van der Waals surface area contributed by atoms with Crippen molar-refractivity contribution in [2.45, 2.75) is 38.0 Å². The van der Waals surface area contributed by atoms with Gasteiger partial charge >= 0.3 is 0 Å². The molecule has 0 aliphatic heterocycles. The van der Waals surface area contributed by atoms with Gasteiger partial charge in [0.15, 0.2) is 6.61 Å². The van der Waals surface area contributed by atoms with E-state index in [4.69, 9.17) is 10.00 Å². The predicted octanol–water partition coefficient (Wildman–Crippen LogP) is 3.60. The largest absolute Gasteiger partial charge is 0.479 e. The number of ether oxygens (including phenoxy) is 1. The van der Waals surface area contributed by atoms with Crippen LogP contribution in [0.3, 0.4) is 0 Å². The number of thioether (sulfide) groups is 1. The smallest absolute Gasteiger partial charge is 0.174 e. The van der Waals surface area contributed by atoms with E-state index < -0.39 is 0 Å². The van der Waals surface area contributed by atoms with Crippen molar-refractivity contribution in [1.29, 1.82) is 5.26 Å². The third-order valence-electron chi connectivity index (χ3n) is 3.70. The zero-order valence-corrected chi connectivity index (χ0v) is 13.4. The van der Waals surface area contributed by atoms with E-state index in [1.165, 1.54) is 18.4 Å². The van der Waals surface area contributed by atoms with Gasteiger partial charge in [-0.05, 0) is 36.8 Å². The van der Waals surface area contributed by atoms with Gasteiger partial charge in [0.2, 0.25) is 0 Å². The van der Waals surface area contributed by atoms with Crippen LogP contribution in [0.1, 0.15) is 32.3 Å². The van der Waals surface area contributed by atoms with Gasteiger partial charge in [0.05, 0.1) is 0 Å². The lowest BCUT2D eigenvalue weighted by molar-refractivity contribution is 0.367. The summed E-state index contributed by atoms with van der Waals surface area (Å²) in [6.07, 6.45) is 4.52. The Labute approximate surface area is 126 Å². The van der Waals surface area contributed by atoms with Crippen molar-refractivity contribution in [3.8, 4) is 11.8 Å². The fourth-order valence-corrected chi connectivity index (χ4v) is 2.98. The molecule has 0 bridgehead atoms. The van der Waals surface area contributed by atoms with Crippen LogP contribution >= 0.6 is 11.8 Å². The highest BCUT2D eigenvalue weighted by atomic mass is 32.2. The van der Waals surface area contributed by atoms with Crippen molar-refractivity contribution >= 4 is 11.8 Å². The van der Waals surface area contributed by atoms with Gasteiger partial charge in [-0.2, -0.15) is 17.0 Å². The van der Waals surface area contributed by atoms with Crippen molar-refractivity contribution in [3.05, 3.63) is 29.8 Å². The monoisotopic (exact) mass is 292 g/mol. The van der Waals surface area contributed by atoms with Crippen LogP contribution in [0, 0.1) is 11.3 Å². The van der Waals surface area contributed by atoms with E-state index in [2.05, 4.69) is 31.5 Å². The van der Waals surface area contributed by atoms with E-state index in [0.29, 0.717) is 4.75 Å². The average Bonchev–Trinajstić information content (AvgIpc) is 2.50. The molecule has 0 fully saturated rings. The van der Waals surface area contributed by atoms with Crippen LogP contribution in [0.4, 0.5) is 0 Å². The van der Waals surface area contributed by atoms with Gasteiger partial charge < -0.3 is 10.1 Å². The second kappa shape index (κ2) is 8.89. The molecule has 0 aliphatic carbocycles. The highest BCUT2D eigenvalue weighted by Crippen LogP contribution is 2.29. The maximum Gasteiger partial charge on any atom is 0.174 e. The van der Waals surface area contributed by atoms with Crippen LogP contribution in [-0.2, 0) is 6.54 Å². The lowest BCUT2D eigenvalue weighted by Crippen LogP contribution is -2.36. The standard InChI is InChI=1S/C16H24N2OS/c1-4-16(5-2,20-3)13-18-12-14-7-6-8-15(11-14)19-10-9-17/h6-8,11,18H,4-5,10,12-13H2,1-3H3. The Kier molecular flexibility index (Phi) is 7.50. The normalized spacial score (nSPS) is 11.1. The maximum atomic E-state index is 8.52. The van der Waals surface area contributed by atoms with Gasteiger partial charge in [-0.3, -0.25) is 0 Å². The third-order valence-corrected chi connectivity index (χ3v) is 5.29. The SMILES string of the molecule is CCC(CC)(CNCc1cccc(OCC#N)c1)SC. The van der Waals surface area contributed by atoms with Gasteiger partial charge in [0, 0.05) is 17.8 Å². The summed E-state index contributed by atoms with van der Waals surface area (Å²) in [7, 11) is 0. The first-order chi connectivity index (χ1) is 9.69. The Bertz CT molecular complexity index is 430. The minimum absolute atomic E-state index is 0.0954. The van der Waals surface area contributed by atoms with Gasteiger partial charge in [-0.25, -0.2) is 0 Å². The first-order valence-corrected chi connectivity index (χ1v) is 8.26. The first-order valence-electron chi connectivity index (χ1n) is 7.04. The molecular weight excluding hydrogens is 268 g/mol. The fourth-order valence-electron chi connectivity index (χ4n) is 2.16. The molecule has 0 aromatic heterocycles. The number of hydrogen-bond donors (Lipinski definition) is 1. The van der Waals surface area contributed by atoms with E-state index >= 15 is 0 Å².